The van der Waals surface area contributed by atoms with Gasteiger partial charge in [-0.25, -0.2) is 4.98 Å². The number of rotatable bonds is 6. The molecule has 0 atom stereocenters. The second-order valence-electron chi connectivity index (χ2n) is 3.40. The molecule has 0 aliphatic rings. The van der Waals surface area contributed by atoms with Crippen LogP contribution in [-0.4, -0.2) is 21.7 Å². The molecule has 2 heterocycles. The third-order valence-corrected chi connectivity index (χ3v) is 2.92. The molecule has 0 saturated carbocycles. The van der Waals surface area contributed by atoms with Gasteiger partial charge >= 0.3 is 0 Å². The lowest BCUT2D eigenvalue weighted by Crippen LogP contribution is -2.15. The molecule has 0 amide bonds. The van der Waals surface area contributed by atoms with E-state index in [1.54, 1.807) is 6.26 Å². The number of aryl methyl sites for hydroxylation is 1. The molecule has 0 bridgehead atoms. The Bertz CT molecular complexity index is 412. The molecule has 0 unspecified atom stereocenters. The zero-order valence-electron chi connectivity index (χ0n) is 8.74. The number of aromatic amines is 1. The predicted octanol–water partition coefficient (Wildman–Crippen LogP) is 1.88. The van der Waals surface area contributed by atoms with E-state index >= 15 is 0 Å². The van der Waals surface area contributed by atoms with Crippen molar-refractivity contribution in [1.82, 2.24) is 20.5 Å². The predicted molar refractivity (Wildman–Crippen MR) is 62.8 cm³/mol. The summed E-state index contributed by atoms with van der Waals surface area (Å²) in [5.74, 6) is 1.86. The number of hydrogen-bond acceptors (Lipinski definition) is 4. The Morgan fingerprint density at radius 3 is 3.12 bits per heavy atom. The van der Waals surface area contributed by atoms with Crippen LogP contribution in [0.2, 0.25) is 0 Å². The fraction of sp³-hybridized carbons (Fsp3) is 0.400. The van der Waals surface area contributed by atoms with Crippen molar-refractivity contribution >= 4 is 15.9 Å². The molecule has 0 aliphatic heterocycles. The van der Waals surface area contributed by atoms with Crippen molar-refractivity contribution in [3.05, 3.63) is 34.7 Å². The molecule has 0 saturated heterocycles. The molecule has 0 fully saturated rings. The molecule has 16 heavy (non-hydrogen) atoms. The summed E-state index contributed by atoms with van der Waals surface area (Å²) in [5.41, 5.74) is 0. The first kappa shape index (κ1) is 11.3. The van der Waals surface area contributed by atoms with E-state index in [9.17, 15) is 0 Å². The van der Waals surface area contributed by atoms with Crippen molar-refractivity contribution < 1.29 is 4.42 Å². The first-order valence-electron chi connectivity index (χ1n) is 5.13. The maximum atomic E-state index is 5.28. The maximum absolute atomic E-state index is 5.28. The SMILES string of the molecule is Brc1ccoc1CNCCCc1ncn[nH]1. The summed E-state index contributed by atoms with van der Waals surface area (Å²) < 4.78 is 6.29. The van der Waals surface area contributed by atoms with Crippen LogP contribution >= 0.6 is 15.9 Å². The van der Waals surface area contributed by atoms with Gasteiger partial charge in [-0.3, -0.25) is 5.10 Å². The first-order chi connectivity index (χ1) is 7.86. The van der Waals surface area contributed by atoms with Gasteiger partial charge in [-0.15, -0.1) is 0 Å². The topological polar surface area (TPSA) is 66.7 Å². The van der Waals surface area contributed by atoms with E-state index in [4.69, 9.17) is 4.42 Å². The summed E-state index contributed by atoms with van der Waals surface area (Å²) in [6, 6.07) is 1.89. The maximum Gasteiger partial charge on any atom is 0.137 e. The summed E-state index contributed by atoms with van der Waals surface area (Å²) >= 11 is 3.41. The Labute approximate surface area is 102 Å². The fourth-order valence-electron chi connectivity index (χ4n) is 1.39. The van der Waals surface area contributed by atoms with Crippen LogP contribution in [0.25, 0.3) is 0 Å². The number of furan rings is 1. The van der Waals surface area contributed by atoms with Gasteiger partial charge in [0.05, 0.1) is 17.3 Å². The average molecular weight is 285 g/mol. The summed E-state index contributed by atoms with van der Waals surface area (Å²) in [5, 5.41) is 9.94. The van der Waals surface area contributed by atoms with Crippen molar-refractivity contribution in [1.29, 1.82) is 0 Å². The third-order valence-electron chi connectivity index (χ3n) is 2.21. The third kappa shape index (κ3) is 3.18. The molecule has 0 aliphatic carbocycles. The van der Waals surface area contributed by atoms with Crippen LogP contribution in [-0.2, 0) is 13.0 Å². The molecule has 6 heteroatoms. The molecular weight excluding hydrogens is 272 g/mol. The monoisotopic (exact) mass is 284 g/mol. The quantitative estimate of drug-likeness (QED) is 0.795. The Kier molecular flexibility index (Phi) is 4.12. The Morgan fingerprint density at radius 2 is 2.44 bits per heavy atom. The van der Waals surface area contributed by atoms with Crippen molar-refractivity contribution in [3.63, 3.8) is 0 Å². The fourth-order valence-corrected chi connectivity index (χ4v) is 1.73. The minimum Gasteiger partial charge on any atom is -0.467 e. The van der Waals surface area contributed by atoms with Crippen LogP contribution in [0, 0.1) is 0 Å². The van der Waals surface area contributed by atoms with Gasteiger partial charge in [0.25, 0.3) is 0 Å². The van der Waals surface area contributed by atoms with Gasteiger partial charge in [0.2, 0.25) is 0 Å². The van der Waals surface area contributed by atoms with Crippen molar-refractivity contribution in [2.45, 2.75) is 19.4 Å². The molecule has 2 aromatic rings. The molecule has 2 aromatic heterocycles. The number of nitrogens with one attached hydrogen (secondary N) is 2. The van der Waals surface area contributed by atoms with Gasteiger partial charge in [0, 0.05) is 6.42 Å². The Morgan fingerprint density at radius 1 is 1.50 bits per heavy atom. The standard InChI is InChI=1S/C10H13BrN4O/c11-8-3-5-16-9(8)6-12-4-1-2-10-13-7-14-15-10/h3,5,7,12H,1-2,4,6H2,(H,13,14,15). The highest BCUT2D eigenvalue weighted by Crippen LogP contribution is 2.16. The Hall–Kier alpha value is -1.14. The number of aromatic nitrogens is 3. The first-order valence-corrected chi connectivity index (χ1v) is 5.92. The van der Waals surface area contributed by atoms with E-state index in [0.717, 1.165) is 42.0 Å². The second-order valence-corrected chi connectivity index (χ2v) is 4.26. The van der Waals surface area contributed by atoms with E-state index in [2.05, 4.69) is 36.4 Å². The average Bonchev–Trinajstić information content (AvgIpc) is 2.90. The van der Waals surface area contributed by atoms with E-state index in [1.165, 1.54) is 6.33 Å². The highest BCUT2D eigenvalue weighted by Gasteiger charge is 2.02. The molecular formula is C10H13BrN4O. The summed E-state index contributed by atoms with van der Waals surface area (Å²) in [6.07, 6.45) is 5.14. The van der Waals surface area contributed by atoms with E-state index in [1.807, 2.05) is 6.07 Å². The van der Waals surface area contributed by atoms with Crippen LogP contribution in [0.3, 0.4) is 0 Å². The molecule has 2 N–H and O–H groups in total. The molecule has 0 aromatic carbocycles. The lowest BCUT2D eigenvalue weighted by molar-refractivity contribution is 0.478. The highest BCUT2D eigenvalue weighted by atomic mass is 79.9. The molecule has 86 valence electrons. The minimum atomic E-state index is 0.740. The van der Waals surface area contributed by atoms with Gasteiger partial charge in [-0.1, -0.05) is 0 Å². The van der Waals surface area contributed by atoms with E-state index in [0.29, 0.717) is 0 Å². The van der Waals surface area contributed by atoms with Gasteiger partial charge in [-0.05, 0) is 35.0 Å². The lowest BCUT2D eigenvalue weighted by atomic mass is 10.3. The van der Waals surface area contributed by atoms with Gasteiger partial charge in [0.1, 0.15) is 17.9 Å². The number of H-pyrrole nitrogens is 1. The summed E-state index contributed by atoms with van der Waals surface area (Å²) in [4.78, 5) is 4.06. The zero-order chi connectivity index (χ0) is 11.2. The minimum absolute atomic E-state index is 0.740. The van der Waals surface area contributed by atoms with E-state index < -0.39 is 0 Å². The van der Waals surface area contributed by atoms with Gasteiger partial charge in [-0.2, -0.15) is 5.10 Å². The number of nitrogens with zero attached hydrogens (tertiary/aromatic N) is 2. The van der Waals surface area contributed by atoms with Crippen LogP contribution in [0.5, 0.6) is 0 Å². The van der Waals surface area contributed by atoms with Crippen LogP contribution in [0.15, 0.2) is 27.5 Å². The summed E-state index contributed by atoms with van der Waals surface area (Å²) in [7, 11) is 0. The molecule has 2 rings (SSSR count). The molecule has 0 spiro atoms. The van der Waals surface area contributed by atoms with Crippen molar-refractivity contribution in [2.24, 2.45) is 0 Å². The summed E-state index contributed by atoms with van der Waals surface area (Å²) in [6.45, 7) is 1.66. The van der Waals surface area contributed by atoms with Gasteiger partial charge < -0.3 is 9.73 Å². The molecule has 5 nitrogen and oxygen atoms in total. The number of halogens is 1. The normalized spacial score (nSPS) is 10.8. The largest absolute Gasteiger partial charge is 0.467 e. The number of hydrogen-bond donors (Lipinski definition) is 2. The van der Waals surface area contributed by atoms with Crippen LogP contribution in [0.1, 0.15) is 18.0 Å². The Balaban J connectivity index is 1.61. The van der Waals surface area contributed by atoms with Crippen molar-refractivity contribution in [3.8, 4) is 0 Å². The smallest absolute Gasteiger partial charge is 0.137 e. The highest BCUT2D eigenvalue weighted by molar-refractivity contribution is 9.10. The van der Waals surface area contributed by atoms with Crippen molar-refractivity contribution in [2.75, 3.05) is 6.54 Å². The second kappa shape index (κ2) is 5.81. The lowest BCUT2D eigenvalue weighted by Gasteiger charge is -2.01. The van der Waals surface area contributed by atoms with E-state index in [-0.39, 0.29) is 0 Å². The molecule has 0 radical (unpaired) electrons. The van der Waals surface area contributed by atoms with Crippen LogP contribution < -0.4 is 5.32 Å². The van der Waals surface area contributed by atoms with Gasteiger partial charge in [0.15, 0.2) is 0 Å². The van der Waals surface area contributed by atoms with Crippen LogP contribution in [0.4, 0.5) is 0 Å². The zero-order valence-corrected chi connectivity index (χ0v) is 10.3.